The summed E-state index contributed by atoms with van der Waals surface area (Å²) in [6, 6.07) is 12.2. The second-order valence-corrected chi connectivity index (χ2v) is 6.25. The number of H-pyrrole nitrogens is 1. The fourth-order valence-corrected chi connectivity index (χ4v) is 2.81. The molecule has 0 aliphatic carbocycles. The van der Waals surface area contributed by atoms with Crippen molar-refractivity contribution in [1.82, 2.24) is 14.9 Å². The maximum absolute atomic E-state index is 11.4. The van der Waals surface area contributed by atoms with Crippen LogP contribution in [0.5, 0.6) is 17.2 Å². The van der Waals surface area contributed by atoms with Crippen LogP contribution in [0.1, 0.15) is 18.3 Å². The Morgan fingerprint density at radius 1 is 1.30 bits per heavy atom. The van der Waals surface area contributed by atoms with Crippen LogP contribution in [0.15, 0.2) is 47.6 Å². The first kappa shape index (κ1) is 21.0. The minimum Gasteiger partial charge on any atom is -0.490 e. The first-order valence-corrected chi connectivity index (χ1v) is 9.32. The molecule has 11 heteroatoms. The van der Waals surface area contributed by atoms with Crippen molar-refractivity contribution in [1.29, 1.82) is 0 Å². The lowest BCUT2D eigenvalue weighted by Crippen LogP contribution is -2.05. The van der Waals surface area contributed by atoms with Gasteiger partial charge in [0.15, 0.2) is 11.6 Å². The van der Waals surface area contributed by atoms with Crippen LogP contribution in [-0.4, -0.2) is 39.7 Å². The van der Waals surface area contributed by atoms with Gasteiger partial charge in [-0.05, 0) is 37.3 Å². The Labute approximate surface area is 176 Å². The molecule has 30 heavy (non-hydrogen) atoms. The van der Waals surface area contributed by atoms with Crippen LogP contribution >= 0.6 is 12.2 Å². The SMILES string of the molecule is CCOc1cc(/C=N\n2c(COc3ccccc3)n[nH]c2=S)cc([N+](=O)[O-])c1OC. The molecule has 0 saturated carbocycles. The van der Waals surface area contributed by atoms with E-state index in [0.29, 0.717) is 23.7 Å². The minimum atomic E-state index is -0.540. The number of nitrogens with one attached hydrogen (secondary N) is 1. The lowest BCUT2D eigenvalue weighted by molar-refractivity contribution is -0.385. The van der Waals surface area contributed by atoms with Gasteiger partial charge >= 0.3 is 5.69 Å². The third-order valence-electron chi connectivity index (χ3n) is 3.91. The summed E-state index contributed by atoms with van der Waals surface area (Å²) in [6.07, 6.45) is 1.42. The van der Waals surface area contributed by atoms with E-state index in [9.17, 15) is 10.1 Å². The highest BCUT2D eigenvalue weighted by Gasteiger charge is 2.21. The Hall–Kier alpha value is -3.73. The second-order valence-electron chi connectivity index (χ2n) is 5.86. The summed E-state index contributed by atoms with van der Waals surface area (Å²) in [4.78, 5) is 10.9. The number of aromatic nitrogens is 3. The zero-order chi connectivity index (χ0) is 21.5. The van der Waals surface area contributed by atoms with E-state index >= 15 is 0 Å². The first-order valence-electron chi connectivity index (χ1n) is 8.91. The Kier molecular flexibility index (Phi) is 6.75. The van der Waals surface area contributed by atoms with Gasteiger partial charge in [0, 0.05) is 11.6 Å². The van der Waals surface area contributed by atoms with Crippen molar-refractivity contribution < 1.29 is 19.1 Å². The van der Waals surface area contributed by atoms with Crippen LogP contribution in [0.4, 0.5) is 5.69 Å². The van der Waals surface area contributed by atoms with Crippen LogP contribution in [0.2, 0.25) is 0 Å². The molecule has 0 spiro atoms. The van der Waals surface area contributed by atoms with E-state index in [4.69, 9.17) is 26.4 Å². The molecule has 0 saturated heterocycles. The standard InChI is InChI=1S/C19H19N5O5S/c1-3-28-16-10-13(9-15(24(25)26)18(16)27-2)11-20-23-17(21-22-19(23)30)12-29-14-7-5-4-6-8-14/h4-11H,3,12H2,1-2H3,(H,22,30)/b20-11-. The number of ether oxygens (including phenoxy) is 3. The lowest BCUT2D eigenvalue weighted by Gasteiger charge is -2.10. The van der Waals surface area contributed by atoms with Crippen molar-refractivity contribution in [3.8, 4) is 17.2 Å². The van der Waals surface area contributed by atoms with Crippen LogP contribution in [0, 0.1) is 14.9 Å². The van der Waals surface area contributed by atoms with Crippen molar-refractivity contribution in [2.75, 3.05) is 13.7 Å². The van der Waals surface area contributed by atoms with Gasteiger partial charge in [-0.3, -0.25) is 10.1 Å². The molecule has 0 radical (unpaired) electrons. The summed E-state index contributed by atoms with van der Waals surface area (Å²) < 4.78 is 17.9. The minimum absolute atomic E-state index is 0.0517. The van der Waals surface area contributed by atoms with Crippen LogP contribution < -0.4 is 14.2 Å². The second kappa shape index (κ2) is 9.65. The van der Waals surface area contributed by atoms with E-state index in [1.54, 1.807) is 13.0 Å². The Bertz CT molecular complexity index is 1110. The zero-order valence-electron chi connectivity index (χ0n) is 16.3. The van der Waals surface area contributed by atoms with E-state index in [2.05, 4.69) is 15.3 Å². The maximum Gasteiger partial charge on any atom is 0.315 e. The van der Waals surface area contributed by atoms with Crippen molar-refractivity contribution in [3.05, 3.63) is 68.7 Å². The molecule has 1 heterocycles. The highest BCUT2D eigenvalue weighted by Crippen LogP contribution is 2.37. The van der Waals surface area contributed by atoms with Gasteiger partial charge in [-0.2, -0.15) is 14.9 Å². The summed E-state index contributed by atoms with van der Waals surface area (Å²) in [7, 11) is 1.35. The van der Waals surface area contributed by atoms with Crippen molar-refractivity contribution in [2.24, 2.45) is 5.10 Å². The van der Waals surface area contributed by atoms with E-state index in [0.717, 1.165) is 0 Å². The number of hydrogen-bond acceptors (Lipinski definition) is 8. The topological polar surface area (TPSA) is 117 Å². The number of nitrogens with zero attached hydrogens (tertiary/aromatic N) is 4. The van der Waals surface area contributed by atoms with Gasteiger partial charge in [-0.25, -0.2) is 5.10 Å². The third-order valence-corrected chi connectivity index (χ3v) is 4.17. The summed E-state index contributed by atoms with van der Waals surface area (Å²) >= 11 is 5.22. The van der Waals surface area contributed by atoms with E-state index in [-0.39, 0.29) is 28.6 Å². The Balaban J connectivity index is 1.89. The van der Waals surface area contributed by atoms with E-state index < -0.39 is 4.92 Å². The molecule has 0 amide bonds. The van der Waals surface area contributed by atoms with Crippen molar-refractivity contribution >= 4 is 24.1 Å². The Morgan fingerprint density at radius 2 is 2.07 bits per heavy atom. The number of hydrogen-bond donors (Lipinski definition) is 1. The number of aromatic amines is 1. The number of benzene rings is 2. The van der Waals surface area contributed by atoms with Crippen LogP contribution in [0.25, 0.3) is 0 Å². The lowest BCUT2D eigenvalue weighted by atomic mass is 10.2. The average molecular weight is 429 g/mol. The highest BCUT2D eigenvalue weighted by molar-refractivity contribution is 7.71. The molecule has 0 atom stereocenters. The molecular weight excluding hydrogens is 410 g/mol. The molecule has 0 bridgehead atoms. The molecule has 1 N–H and O–H groups in total. The van der Waals surface area contributed by atoms with Gasteiger partial charge < -0.3 is 14.2 Å². The number of nitro groups is 1. The normalized spacial score (nSPS) is 10.9. The molecule has 10 nitrogen and oxygen atoms in total. The number of nitro benzene ring substituents is 1. The van der Waals surface area contributed by atoms with Gasteiger partial charge in [0.05, 0.1) is 24.9 Å². The molecule has 1 aromatic heterocycles. The fraction of sp³-hybridized carbons (Fsp3) is 0.211. The van der Waals surface area contributed by atoms with Gasteiger partial charge in [0.1, 0.15) is 12.4 Å². The van der Waals surface area contributed by atoms with Gasteiger partial charge in [0.2, 0.25) is 10.5 Å². The molecule has 3 rings (SSSR count). The summed E-state index contributed by atoms with van der Waals surface area (Å²) in [6.45, 7) is 2.22. The zero-order valence-corrected chi connectivity index (χ0v) is 17.1. The van der Waals surface area contributed by atoms with Gasteiger partial charge in [-0.1, -0.05) is 18.2 Å². The van der Waals surface area contributed by atoms with Crippen molar-refractivity contribution in [2.45, 2.75) is 13.5 Å². The predicted octanol–water partition coefficient (Wildman–Crippen LogP) is 3.72. The largest absolute Gasteiger partial charge is 0.490 e. The molecule has 0 fully saturated rings. The predicted molar refractivity (Wildman–Crippen MR) is 112 cm³/mol. The molecule has 3 aromatic rings. The number of para-hydroxylation sites is 1. The van der Waals surface area contributed by atoms with Gasteiger partial charge in [-0.15, -0.1) is 0 Å². The summed E-state index contributed by atoms with van der Waals surface area (Å²) in [5.74, 6) is 1.41. The fourth-order valence-electron chi connectivity index (χ4n) is 2.61. The van der Waals surface area contributed by atoms with E-state index in [1.807, 2.05) is 30.3 Å². The van der Waals surface area contributed by atoms with Crippen molar-refractivity contribution in [3.63, 3.8) is 0 Å². The van der Waals surface area contributed by atoms with Gasteiger partial charge in [0.25, 0.3) is 0 Å². The molecule has 2 aromatic carbocycles. The summed E-state index contributed by atoms with van der Waals surface area (Å²) in [5, 5.41) is 22.5. The molecule has 0 unspecified atom stereocenters. The maximum atomic E-state index is 11.4. The van der Waals surface area contributed by atoms with Crippen LogP contribution in [-0.2, 0) is 6.61 Å². The van der Waals surface area contributed by atoms with Crippen LogP contribution in [0.3, 0.4) is 0 Å². The molecule has 0 aliphatic heterocycles. The quantitative estimate of drug-likeness (QED) is 0.238. The summed E-state index contributed by atoms with van der Waals surface area (Å²) in [5.41, 5.74) is 0.206. The van der Waals surface area contributed by atoms with E-state index in [1.165, 1.54) is 24.1 Å². The molecule has 156 valence electrons. The first-order chi connectivity index (χ1) is 14.5. The number of rotatable bonds is 9. The Morgan fingerprint density at radius 3 is 2.73 bits per heavy atom. The molecule has 0 aliphatic rings. The average Bonchev–Trinajstić information content (AvgIpc) is 3.10. The third kappa shape index (κ3) is 4.81. The monoisotopic (exact) mass is 429 g/mol. The molecular formula is C19H19N5O5S. The highest BCUT2D eigenvalue weighted by atomic mass is 32.1. The number of methoxy groups -OCH3 is 1. The smallest absolute Gasteiger partial charge is 0.315 e.